The Morgan fingerprint density at radius 1 is 1.28 bits per heavy atom. The van der Waals surface area contributed by atoms with Gasteiger partial charge in [-0.15, -0.1) is 0 Å². The number of anilines is 1. The minimum atomic E-state index is 0.684. The van der Waals surface area contributed by atoms with Crippen molar-refractivity contribution in [3.8, 4) is 0 Å². The van der Waals surface area contributed by atoms with Gasteiger partial charge in [0.15, 0.2) is 0 Å². The predicted molar refractivity (Wildman–Crippen MR) is 79.6 cm³/mol. The maximum atomic E-state index is 4.42. The Morgan fingerprint density at radius 2 is 2.00 bits per heavy atom. The number of aromatic nitrogens is 4. The highest BCUT2D eigenvalue weighted by atomic mass is 127. The normalized spacial score (nSPS) is 10.6. The second-order valence-electron chi connectivity index (χ2n) is 4.16. The van der Waals surface area contributed by atoms with Crippen molar-refractivity contribution in [3.05, 3.63) is 33.4 Å². The molecule has 0 bridgehead atoms. The van der Waals surface area contributed by atoms with Crippen LogP contribution in [0.2, 0.25) is 0 Å². The van der Waals surface area contributed by atoms with Crippen molar-refractivity contribution in [2.24, 2.45) is 0 Å². The van der Waals surface area contributed by atoms with Gasteiger partial charge in [0.1, 0.15) is 0 Å². The fourth-order valence-electron chi connectivity index (χ4n) is 1.73. The molecule has 0 unspecified atom stereocenters. The lowest BCUT2D eigenvalue weighted by Crippen LogP contribution is -2.10. The molecule has 0 radical (unpaired) electrons. The van der Waals surface area contributed by atoms with Crippen LogP contribution in [-0.4, -0.2) is 26.3 Å². The van der Waals surface area contributed by atoms with Crippen molar-refractivity contribution < 1.29 is 0 Å². The SMILES string of the molecule is Cc1cc(C)n(CCCNc2ncc(I)cn2)n1. The first-order chi connectivity index (χ1) is 8.65. The molecule has 0 atom stereocenters. The first-order valence-electron chi connectivity index (χ1n) is 5.87. The standard InChI is InChI=1S/C12H16IN5/c1-9-6-10(2)18(17-9)5-3-4-14-12-15-7-11(13)8-16-12/h6-8H,3-5H2,1-2H3,(H,14,15,16). The molecule has 5 nitrogen and oxygen atoms in total. The first-order valence-corrected chi connectivity index (χ1v) is 6.95. The summed E-state index contributed by atoms with van der Waals surface area (Å²) in [5.74, 6) is 0.684. The van der Waals surface area contributed by atoms with Gasteiger partial charge in [-0.2, -0.15) is 5.10 Å². The fourth-order valence-corrected chi connectivity index (χ4v) is 2.01. The molecule has 6 heteroatoms. The molecule has 2 aromatic heterocycles. The van der Waals surface area contributed by atoms with Gasteiger partial charge < -0.3 is 5.32 Å². The van der Waals surface area contributed by atoms with E-state index in [0.29, 0.717) is 5.95 Å². The van der Waals surface area contributed by atoms with E-state index in [9.17, 15) is 0 Å². The van der Waals surface area contributed by atoms with Crippen molar-refractivity contribution in [1.82, 2.24) is 19.7 Å². The molecule has 0 saturated carbocycles. The van der Waals surface area contributed by atoms with E-state index in [-0.39, 0.29) is 0 Å². The first kappa shape index (κ1) is 13.3. The van der Waals surface area contributed by atoms with Crippen LogP contribution in [0.1, 0.15) is 17.8 Å². The number of hydrogen-bond acceptors (Lipinski definition) is 4. The van der Waals surface area contributed by atoms with E-state index in [1.165, 1.54) is 5.69 Å². The van der Waals surface area contributed by atoms with Gasteiger partial charge in [0, 0.05) is 34.7 Å². The minimum Gasteiger partial charge on any atom is -0.354 e. The predicted octanol–water partition coefficient (Wildman–Crippen LogP) is 2.40. The Morgan fingerprint density at radius 3 is 2.61 bits per heavy atom. The van der Waals surface area contributed by atoms with Gasteiger partial charge in [0.05, 0.1) is 5.69 Å². The maximum Gasteiger partial charge on any atom is 0.222 e. The molecule has 18 heavy (non-hydrogen) atoms. The molecule has 0 saturated heterocycles. The number of aryl methyl sites for hydroxylation is 3. The van der Waals surface area contributed by atoms with Crippen LogP contribution in [0.25, 0.3) is 0 Å². The Labute approximate surface area is 120 Å². The number of hydrogen-bond donors (Lipinski definition) is 1. The quantitative estimate of drug-likeness (QED) is 0.660. The highest BCUT2D eigenvalue weighted by Crippen LogP contribution is 2.04. The van der Waals surface area contributed by atoms with Crippen LogP contribution < -0.4 is 5.32 Å². The summed E-state index contributed by atoms with van der Waals surface area (Å²) in [6.07, 6.45) is 4.60. The molecule has 96 valence electrons. The number of halogens is 1. The Hall–Kier alpha value is -1.18. The van der Waals surface area contributed by atoms with Gasteiger partial charge in [-0.25, -0.2) is 9.97 Å². The molecule has 0 aliphatic heterocycles. The smallest absolute Gasteiger partial charge is 0.222 e. The topological polar surface area (TPSA) is 55.6 Å². The second-order valence-corrected chi connectivity index (χ2v) is 5.40. The Bertz CT molecular complexity index is 506. The molecule has 2 heterocycles. The summed E-state index contributed by atoms with van der Waals surface area (Å²) in [5.41, 5.74) is 2.28. The van der Waals surface area contributed by atoms with Gasteiger partial charge >= 0.3 is 0 Å². The largest absolute Gasteiger partial charge is 0.354 e. The van der Waals surface area contributed by atoms with Gasteiger partial charge in [0.25, 0.3) is 0 Å². The van der Waals surface area contributed by atoms with E-state index in [1.54, 1.807) is 12.4 Å². The summed E-state index contributed by atoms with van der Waals surface area (Å²) in [6.45, 7) is 5.85. The highest BCUT2D eigenvalue weighted by Gasteiger charge is 2.00. The lowest BCUT2D eigenvalue weighted by molar-refractivity contribution is 0.573. The third kappa shape index (κ3) is 3.66. The average molecular weight is 357 g/mol. The van der Waals surface area contributed by atoms with Crippen LogP contribution in [0.5, 0.6) is 0 Å². The minimum absolute atomic E-state index is 0.684. The second kappa shape index (κ2) is 6.12. The van der Waals surface area contributed by atoms with Crippen LogP contribution in [-0.2, 0) is 6.54 Å². The van der Waals surface area contributed by atoms with Crippen molar-refractivity contribution in [1.29, 1.82) is 0 Å². The molecule has 2 aromatic rings. The molecular formula is C12H16IN5. The summed E-state index contributed by atoms with van der Waals surface area (Å²) >= 11 is 2.19. The molecule has 1 N–H and O–H groups in total. The number of nitrogens with one attached hydrogen (secondary N) is 1. The summed E-state index contributed by atoms with van der Waals surface area (Å²) in [4.78, 5) is 8.38. The van der Waals surface area contributed by atoms with Crippen molar-refractivity contribution in [2.45, 2.75) is 26.8 Å². The van der Waals surface area contributed by atoms with E-state index in [0.717, 1.165) is 28.8 Å². The van der Waals surface area contributed by atoms with Gasteiger partial charge in [0.2, 0.25) is 5.95 Å². The third-order valence-corrected chi connectivity index (χ3v) is 3.11. The van der Waals surface area contributed by atoms with Crippen molar-refractivity contribution in [3.63, 3.8) is 0 Å². The zero-order valence-corrected chi connectivity index (χ0v) is 12.7. The van der Waals surface area contributed by atoms with Crippen LogP contribution in [0.4, 0.5) is 5.95 Å². The molecular weight excluding hydrogens is 341 g/mol. The van der Waals surface area contributed by atoms with E-state index in [2.05, 4.69) is 56.0 Å². The molecule has 0 aliphatic rings. The summed E-state index contributed by atoms with van der Waals surface area (Å²) in [7, 11) is 0. The van der Waals surface area contributed by atoms with Crippen molar-refractivity contribution >= 4 is 28.5 Å². The molecule has 2 rings (SSSR count). The lowest BCUT2D eigenvalue weighted by atomic mass is 10.4. The molecule has 0 amide bonds. The van der Waals surface area contributed by atoms with Gasteiger partial charge in [-0.3, -0.25) is 4.68 Å². The molecule has 0 aromatic carbocycles. The summed E-state index contributed by atoms with van der Waals surface area (Å²) < 4.78 is 3.08. The van der Waals surface area contributed by atoms with Crippen LogP contribution in [0.3, 0.4) is 0 Å². The van der Waals surface area contributed by atoms with E-state index >= 15 is 0 Å². The van der Waals surface area contributed by atoms with Gasteiger partial charge in [-0.1, -0.05) is 0 Å². The average Bonchev–Trinajstić information content (AvgIpc) is 2.66. The molecule has 0 fully saturated rings. The van der Waals surface area contributed by atoms with Gasteiger partial charge in [-0.05, 0) is 48.9 Å². The zero-order chi connectivity index (χ0) is 13.0. The van der Waals surface area contributed by atoms with Crippen LogP contribution in [0, 0.1) is 17.4 Å². The Kier molecular flexibility index (Phi) is 4.51. The lowest BCUT2D eigenvalue weighted by Gasteiger charge is -2.06. The number of rotatable bonds is 5. The van der Waals surface area contributed by atoms with Crippen molar-refractivity contribution in [2.75, 3.05) is 11.9 Å². The maximum absolute atomic E-state index is 4.42. The number of nitrogens with zero attached hydrogens (tertiary/aromatic N) is 4. The summed E-state index contributed by atoms with van der Waals surface area (Å²) in [5, 5.41) is 7.62. The third-order valence-electron chi connectivity index (χ3n) is 2.55. The highest BCUT2D eigenvalue weighted by molar-refractivity contribution is 14.1. The van der Waals surface area contributed by atoms with Crippen LogP contribution in [0.15, 0.2) is 18.5 Å². The zero-order valence-electron chi connectivity index (χ0n) is 10.5. The molecule has 0 aliphatic carbocycles. The van der Waals surface area contributed by atoms with Crippen LogP contribution >= 0.6 is 22.6 Å². The van der Waals surface area contributed by atoms with E-state index < -0.39 is 0 Å². The monoisotopic (exact) mass is 357 g/mol. The Balaban J connectivity index is 1.76. The summed E-state index contributed by atoms with van der Waals surface area (Å²) in [6, 6.07) is 2.09. The fraction of sp³-hybridized carbons (Fsp3) is 0.417. The van der Waals surface area contributed by atoms with E-state index in [1.807, 2.05) is 11.6 Å². The van der Waals surface area contributed by atoms with E-state index in [4.69, 9.17) is 0 Å². The molecule has 0 spiro atoms.